The highest BCUT2D eigenvalue weighted by Crippen LogP contribution is 2.50. The molecule has 6 nitrogen and oxygen atoms in total. The molecule has 1 aliphatic carbocycles. The van der Waals surface area contributed by atoms with Gasteiger partial charge in [0.15, 0.2) is 11.6 Å². The third-order valence-corrected chi connectivity index (χ3v) is 7.42. The van der Waals surface area contributed by atoms with Crippen molar-refractivity contribution in [2.75, 3.05) is 16.6 Å². The van der Waals surface area contributed by atoms with Crippen LogP contribution < -0.4 is 10.0 Å². The van der Waals surface area contributed by atoms with E-state index in [4.69, 9.17) is 0 Å². The summed E-state index contributed by atoms with van der Waals surface area (Å²) in [4.78, 5) is 0. The fourth-order valence-corrected chi connectivity index (χ4v) is 5.19. The summed E-state index contributed by atoms with van der Waals surface area (Å²) < 4.78 is 69.6. The molecule has 1 saturated carbocycles. The number of anilines is 3. The second-order valence-corrected chi connectivity index (χ2v) is 9.91. The lowest BCUT2D eigenvalue weighted by Gasteiger charge is -2.23. The number of aliphatic hydroxyl groups is 1. The smallest absolute Gasteiger partial charge is 0.238 e. The van der Waals surface area contributed by atoms with Crippen molar-refractivity contribution in [3.63, 3.8) is 0 Å². The van der Waals surface area contributed by atoms with Gasteiger partial charge < -0.3 is 15.5 Å². The molecule has 3 rings (SSSR count). The Hall–Kier alpha value is -2.46. The molecule has 1 aliphatic rings. The number of rotatable bonds is 8. The Morgan fingerprint density at radius 3 is 2.25 bits per heavy atom. The zero-order chi connectivity index (χ0) is 24.3. The van der Waals surface area contributed by atoms with Crippen LogP contribution in [0.15, 0.2) is 24.3 Å². The van der Waals surface area contributed by atoms with Crippen LogP contribution in [0.5, 0.6) is 5.75 Å². The van der Waals surface area contributed by atoms with Gasteiger partial charge in [-0.05, 0) is 49.8 Å². The third kappa shape index (κ3) is 5.29. The van der Waals surface area contributed by atoms with E-state index in [9.17, 15) is 31.8 Å². The van der Waals surface area contributed by atoms with Gasteiger partial charge in [0, 0.05) is 12.7 Å². The van der Waals surface area contributed by atoms with E-state index in [-0.39, 0.29) is 24.6 Å². The van der Waals surface area contributed by atoms with Gasteiger partial charge in [0.1, 0.15) is 22.9 Å². The van der Waals surface area contributed by atoms with Crippen LogP contribution in [-0.4, -0.2) is 30.0 Å². The highest BCUT2D eigenvalue weighted by atomic mass is 32.2. The van der Waals surface area contributed by atoms with Gasteiger partial charge in [-0.3, -0.25) is 4.72 Å². The number of hydrogen-bond donors (Lipinski definition) is 4. The first-order valence-electron chi connectivity index (χ1n) is 10.4. The van der Waals surface area contributed by atoms with Gasteiger partial charge in [-0.15, -0.1) is 0 Å². The second-order valence-electron chi connectivity index (χ2n) is 7.83. The maximum atomic E-state index is 14.6. The summed E-state index contributed by atoms with van der Waals surface area (Å²) in [6.45, 7) is 7.13. The Labute approximate surface area is 186 Å². The van der Waals surface area contributed by atoms with Gasteiger partial charge in [-0.1, -0.05) is 26.8 Å². The molecule has 0 aliphatic heterocycles. The topological polar surface area (TPSA) is 98.7 Å². The SMILES string of the molecule is CC.Cc1ccc(Nc2c(F)c(F)cc(O)c2NS(=O)(=O)C2(CC(C)CO)CC2)c(F)c1. The van der Waals surface area contributed by atoms with Crippen LogP contribution in [0.25, 0.3) is 0 Å². The van der Waals surface area contributed by atoms with Crippen molar-refractivity contribution < 1.29 is 31.8 Å². The molecule has 1 unspecified atom stereocenters. The van der Waals surface area contributed by atoms with Crippen LogP contribution in [0.4, 0.5) is 30.2 Å². The van der Waals surface area contributed by atoms with Crippen molar-refractivity contribution >= 4 is 27.1 Å². The van der Waals surface area contributed by atoms with E-state index in [1.54, 1.807) is 13.8 Å². The lowest BCUT2D eigenvalue weighted by Crippen LogP contribution is -2.32. The first kappa shape index (κ1) is 25.8. The fourth-order valence-electron chi connectivity index (χ4n) is 3.35. The van der Waals surface area contributed by atoms with Gasteiger partial charge in [-0.2, -0.15) is 0 Å². The second kappa shape index (κ2) is 9.99. The minimum absolute atomic E-state index is 0.165. The average molecular weight is 475 g/mol. The van der Waals surface area contributed by atoms with Gasteiger partial charge in [0.25, 0.3) is 0 Å². The van der Waals surface area contributed by atoms with Gasteiger partial charge >= 0.3 is 0 Å². The minimum atomic E-state index is -4.13. The number of phenolic OH excluding ortho intramolecular Hbond substituents is 1. The number of hydrogen-bond acceptors (Lipinski definition) is 5. The van der Waals surface area contributed by atoms with E-state index >= 15 is 0 Å². The number of aromatic hydroxyl groups is 1. The van der Waals surface area contributed by atoms with E-state index in [0.29, 0.717) is 24.5 Å². The van der Waals surface area contributed by atoms with Crippen molar-refractivity contribution in [3.05, 3.63) is 47.3 Å². The summed E-state index contributed by atoms with van der Waals surface area (Å²) in [5, 5.41) is 21.8. The van der Waals surface area contributed by atoms with Crippen LogP contribution in [0.1, 0.15) is 45.6 Å². The number of phenols is 1. The van der Waals surface area contributed by atoms with Crippen LogP contribution in [0.2, 0.25) is 0 Å². The summed E-state index contributed by atoms with van der Waals surface area (Å²) in [5.41, 5.74) is -0.975. The quantitative estimate of drug-likeness (QED) is 0.395. The molecule has 0 amide bonds. The van der Waals surface area contributed by atoms with Crippen LogP contribution >= 0.6 is 0 Å². The molecule has 4 N–H and O–H groups in total. The van der Waals surface area contributed by atoms with Gasteiger partial charge in [0.2, 0.25) is 10.0 Å². The Morgan fingerprint density at radius 2 is 1.72 bits per heavy atom. The molecule has 1 atom stereocenters. The normalized spacial score (nSPS) is 15.4. The van der Waals surface area contributed by atoms with Crippen molar-refractivity contribution in [2.24, 2.45) is 5.92 Å². The Balaban J connectivity index is 0.00000176. The number of aryl methyl sites for hydroxylation is 1. The van der Waals surface area contributed by atoms with E-state index in [0.717, 1.165) is 0 Å². The Kier molecular flexibility index (Phi) is 8.06. The summed E-state index contributed by atoms with van der Waals surface area (Å²) >= 11 is 0. The van der Waals surface area contributed by atoms with Crippen LogP contribution in [0, 0.1) is 30.3 Å². The molecule has 10 heteroatoms. The van der Waals surface area contributed by atoms with E-state index in [1.807, 2.05) is 13.8 Å². The van der Waals surface area contributed by atoms with E-state index in [1.165, 1.54) is 18.2 Å². The lowest BCUT2D eigenvalue weighted by molar-refractivity contribution is 0.227. The number of aliphatic hydroxyl groups excluding tert-OH is 1. The van der Waals surface area contributed by atoms with Crippen molar-refractivity contribution in [3.8, 4) is 5.75 Å². The molecule has 32 heavy (non-hydrogen) atoms. The fraction of sp³-hybridized carbons (Fsp3) is 0.455. The summed E-state index contributed by atoms with van der Waals surface area (Å²) in [6, 6.07) is 4.43. The molecular weight excluding hydrogens is 445 g/mol. The molecule has 0 spiro atoms. The zero-order valence-corrected chi connectivity index (χ0v) is 19.3. The molecule has 2 aromatic rings. The van der Waals surface area contributed by atoms with Crippen LogP contribution in [-0.2, 0) is 10.0 Å². The van der Waals surface area contributed by atoms with E-state index < -0.39 is 49.3 Å². The minimum Gasteiger partial charge on any atom is -0.506 e. The molecule has 0 radical (unpaired) electrons. The molecule has 0 saturated heterocycles. The Morgan fingerprint density at radius 1 is 1.09 bits per heavy atom. The number of halogens is 3. The van der Waals surface area contributed by atoms with E-state index in [2.05, 4.69) is 10.0 Å². The Bertz CT molecular complexity index is 1070. The number of benzene rings is 2. The van der Waals surface area contributed by atoms with Crippen molar-refractivity contribution in [1.29, 1.82) is 0 Å². The molecule has 1 fully saturated rings. The maximum absolute atomic E-state index is 14.6. The number of sulfonamides is 1. The largest absolute Gasteiger partial charge is 0.506 e. The molecule has 0 heterocycles. The summed E-state index contributed by atoms with van der Waals surface area (Å²) in [7, 11) is -4.13. The lowest BCUT2D eigenvalue weighted by atomic mass is 10.1. The first-order valence-corrected chi connectivity index (χ1v) is 11.9. The standard InChI is InChI=1S/C20H23F3N2O4S.C2H6/c1-11-3-4-15(13(21)7-11)24-19-17(23)14(22)8-16(27)18(19)25-30(28,29)20(5-6-20)9-12(2)10-26;1-2/h3-4,7-8,12,24-27H,5-6,9-10H2,1-2H3;1-2H3. The van der Waals surface area contributed by atoms with Gasteiger partial charge in [-0.25, -0.2) is 21.6 Å². The molecule has 0 bridgehead atoms. The molecule has 2 aromatic carbocycles. The molecule has 0 aromatic heterocycles. The first-order chi connectivity index (χ1) is 15.0. The van der Waals surface area contributed by atoms with Crippen molar-refractivity contribution in [1.82, 2.24) is 0 Å². The van der Waals surface area contributed by atoms with Crippen LogP contribution in [0.3, 0.4) is 0 Å². The van der Waals surface area contributed by atoms with Crippen molar-refractivity contribution in [2.45, 2.75) is 51.7 Å². The average Bonchev–Trinajstić information content (AvgIpc) is 3.53. The zero-order valence-electron chi connectivity index (χ0n) is 18.5. The molecule has 178 valence electrons. The van der Waals surface area contributed by atoms with Gasteiger partial charge in [0.05, 0.1) is 10.4 Å². The predicted molar refractivity (Wildman–Crippen MR) is 119 cm³/mol. The maximum Gasteiger partial charge on any atom is 0.238 e. The highest BCUT2D eigenvalue weighted by Gasteiger charge is 2.55. The monoisotopic (exact) mass is 474 g/mol. The predicted octanol–water partition coefficient (Wildman–Crippen LogP) is 5.18. The number of nitrogens with one attached hydrogen (secondary N) is 2. The third-order valence-electron chi connectivity index (χ3n) is 5.23. The highest BCUT2D eigenvalue weighted by molar-refractivity contribution is 7.94. The molecular formula is C22H29F3N2O4S. The summed E-state index contributed by atoms with van der Waals surface area (Å²) in [5.74, 6) is -4.80. The summed E-state index contributed by atoms with van der Waals surface area (Å²) in [6.07, 6.45) is 0.817.